The number of aromatic nitrogens is 3. The summed E-state index contributed by atoms with van der Waals surface area (Å²) in [6.45, 7) is 0. The Kier molecular flexibility index (Phi) is 3.30. The van der Waals surface area contributed by atoms with Crippen molar-refractivity contribution < 1.29 is 5.03 Å². The van der Waals surface area contributed by atoms with E-state index in [1.165, 1.54) is 0 Å². The number of anilines is 1. The molecule has 0 aliphatic heterocycles. The molecule has 1 N–H and O–H groups in total. The van der Waals surface area contributed by atoms with E-state index in [1.807, 2.05) is 18.2 Å². The van der Waals surface area contributed by atoms with Crippen molar-refractivity contribution in [1.29, 1.82) is 0 Å². The standard InChI is InChI=1S/C14H11N5O2/c20-19(21)17-13-7-12(11-3-1-4-15-10-11)8-14(9-13)18-6-2-5-16-18/h1-10,17H. The molecule has 0 fully saturated rings. The predicted octanol–water partition coefficient (Wildman–Crippen LogP) is 2.54. The Bertz CT molecular complexity index is 756. The third kappa shape index (κ3) is 2.86. The molecule has 3 aromatic rings. The van der Waals surface area contributed by atoms with Crippen LogP contribution in [-0.4, -0.2) is 19.8 Å². The lowest BCUT2D eigenvalue weighted by Gasteiger charge is -2.08. The SMILES string of the molecule is O=[N+]([O-])Nc1cc(-c2cccnc2)cc(-n2cccn2)c1. The molecule has 0 saturated heterocycles. The minimum atomic E-state index is -0.588. The molecule has 0 aliphatic carbocycles. The summed E-state index contributed by atoms with van der Waals surface area (Å²) in [4.78, 5) is 14.7. The molecular weight excluding hydrogens is 270 g/mol. The van der Waals surface area contributed by atoms with Crippen molar-refractivity contribution in [2.24, 2.45) is 0 Å². The largest absolute Gasteiger partial charge is 0.264 e. The van der Waals surface area contributed by atoms with Crippen LogP contribution in [0.4, 0.5) is 5.69 Å². The highest BCUT2D eigenvalue weighted by Gasteiger charge is 2.08. The van der Waals surface area contributed by atoms with Gasteiger partial charge in [-0.2, -0.15) is 5.10 Å². The maximum Gasteiger partial charge on any atom is 0.162 e. The first-order valence-electron chi connectivity index (χ1n) is 6.19. The van der Waals surface area contributed by atoms with Crippen LogP contribution in [0, 0.1) is 10.1 Å². The van der Waals surface area contributed by atoms with Gasteiger partial charge in [-0.15, -0.1) is 5.43 Å². The summed E-state index contributed by atoms with van der Waals surface area (Å²) in [5.74, 6) is 0. The van der Waals surface area contributed by atoms with E-state index in [-0.39, 0.29) is 0 Å². The molecule has 2 aromatic heterocycles. The third-order valence-corrected chi connectivity index (χ3v) is 2.90. The number of benzene rings is 1. The molecule has 0 atom stereocenters. The fourth-order valence-electron chi connectivity index (χ4n) is 2.04. The van der Waals surface area contributed by atoms with Crippen LogP contribution >= 0.6 is 0 Å². The van der Waals surface area contributed by atoms with Gasteiger partial charge < -0.3 is 0 Å². The summed E-state index contributed by atoms with van der Waals surface area (Å²) in [5.41, 5.74) is 4.98. The monoisotopic (exact) mass is 281 g/mol. The fraction of sp³-hybridized carbons (Fsp3) is 0. The van der Waals surface area contributed by atoms with Gasteiger partial charge in [-0.3, -0.25) is 4.98 Å². The lowest BCUT2D eigenvalue weighted by molar-refractivity contribution is -0.445. The van der Waals surface area contributed by atoms with E-state index in [4.69, 9.17) is 0 Å². The Morgan fingerprint density at radius 1 is 1.14 bits per heavy atom. The molecule has 7 nitrogen and oxygen atoms in total. The van der Waals surface area contributed by atoms with Crippen molar-refractivity contribution >= 4 is 5.69 Å². The second-order valence-electron chi connectivity index (χ2n) is 4.33. The van der Waals surface area contributed by atoms with Crippen molar-refractivity contribution in [3.63, 3.8) is 0 Å². The van der Waals surface area contributed by atoms with Gasteiger partial charge in [0, 0.05) is 30.4 Å². The van der Waals surface area contributed by atoms with E-state index in [9.17, 15) is 10.1 Å². The summed E-state index contributed by atoms with van der Waals surface area (Å²) in [6, 6.07) is 10.8. The maximum absolute atomic E-state index is 10.7. The average Bonchev–Trinajstić information content (AvgIpc) is 3.01. The van der Waals surface area contributed by atoms with E-state index in [0.717, 1.165) is 16.8 Å². The molecule has 104 valence electrons. The van der Waals surface area contributed by atoms with Crippen LogP contribution in [0.15, 0.2) is 61.2 Å². The van der Waals surface area contributed by atoms with E-state index in [0.29, 0.717) is 5.69 Å². The Labute approximate surface area is 120 Å². The van der Waals surface area contributed by atoms with Gasteiger partial charge in [0.25, 0.3) is 0 Å². The summed E-state index contributed by atoms with van der Waals surface area (Å²) in [5, 5.41) is 14.2. The lowest BCUT2D eigenvalue weighted by Crippen LogP contribution is -2.08. The predicted molar refractivity (Wildman–Crippen MR) is 77.4 cm³/mol. The van der Waals surface area contributed by atoms with Crippen molar-refractivity contribution in [1.82, 2.24) is 14.8 Å². The summed E-state index contributed by atoms with van der Waals surface area (Å²) >= 11 is 0. The zero-order chi connectivity index (χ0) is 14.7. The minimum Gasteiger partial charge on any atom is -0.264 e. The van der Waals surface area contributed by atoms with Crippen LogP contribution in [-0.2, 0) is 0 Å². The average molecular weight is 281 g/mol. The molecule has 0 unspecified atom stereocenters. The van der Waals surface area contributed by atoms with Crippen LogP contribution in [0.1, 0.15) is 0 Å². The smallest absolute Gasteiger partial charge is 0.162 e. The highest BCUT2D eigenvalue weighted by molar-refractivity contribution is 5.70. The van der Waals surface area contributed by atoms with Crippen LogP contribution in [0.2, 0.25) is 0 Å². The molecule has 0 bridgehead atoms. The number of hydrazine groups is 1. The minimum absolute atomic E-state index is 0.381. The Morgan fingerprint density at radius 3 is 2.71 bits per heavy atom. The number of nitro groups is 1. The van der Waals surface area contributed by atoms with Crippen molar-refractivity contribution in [2.75, 3.05) is 5.43 Å². The highest BCUT2D eigenvalue weighted by Crippen LogP contribution is 2.26. The van der Waals surface area contributed by atoms with Crippen molar-refractivity contribution in [3.8, 4) is 16.8 Å². The molecule has 7 heteroatoms. The number of hydrogen-bond acceptors (Lipinski definition) is 4. The van der Waals surface area contributed by atoms with Gasteiger partial charge >= 0.3 is 0 Å². The lowest BCUT2D eigenvalue weighted by atomic mass is 10.1. The van der Waals surface area contributed by atoms with E-state index in [1.54, 1.807) is 47.7 Å². The van der Waals surface area contributed by atoms with Crippen LogP contribution < -0.4 is 5.43 Å². The molecule has 21 heavy (non-hydrogen) atoms. The van der Waals surface area contributed by atoms with Gasteiger partial charge in [0.1, 0.15) is 5.69 Å². The normalized spacial score (nSPS) is 10.3. The summed E-state index contributed by atoms with van der Waals surface area (Å²) in [7, 11) is 0. The third-order valence-electron chi connectivity index (χ3n) is 2.90. The number of hydrogen-bond donors (Lipinski definition) is 1. The molecule has 0 aliphatic rings. The molecule has 2 heterocycles. The molecule has 0 amide bonds. The zero-order valence-electron chi connectivity index (χ0n) is 10.9. The molecule has 0 saturated carbocycles. The van der Waals surface area contributed by atoms with Gasteiger partial charge in [0.2, 0.25) is 0 Å². The molecule has 3 rings (SSSR count). The number of nitrogens with one attached hydrogen (secondary N) is 1. The van der Waals surface area contributed by atoms with Gasteiger partial charge in [-0.25, -0.2) is 14.8 Å². The van der Waals surface area contributed by atoms with Crippen LogP contribution in [0.25, 0.3) is 16.8 Å². The molecule has 0 radical (unpaired) electrons. The number of nitrogens with zero attached hydrogens (tertiary/aromatic N) is 4. The second-order valence-corrected chi connectivity index (χ2v) is 4.33. The molecular formula is C14H11N5O2. The quantitative estimate of drug-likeness (QED) is 0.586. The van der Waals surface area contributed by atoms with Gasteiger partial charge in [-0.05, 0) is 35.9 Å². The van der Waals surface area contributed by atoms with Crippen molar-refractivity contribution in [2.45, 2.75) is 0 Å². The maximum atomic E-state index is 10.7. The zero-order valence-corrected chi connectivity index (χ0v) is 10.9. The first-order valence-corrected chi connectivity index (χ1v) is 6.19. The highest BCUT2D eigenvalue weighted by atomic mass is 16.7. The topological polar surface area (TPSA) is 85.9 Å². The summed E-state index contributed by atoms with van der Waals surface area (Å²) < 4.78 is 1.64. The Hall–Kier alpha value is -3.22. The summed E-state index contributed by atoms with van der Waals surface area (Å²) in [6.07, 6.45) is 6.81. The van der Waals surface area contributed by atoms with E-state index < -0.39 is 5.03 Å². The first-order chi connectivity index (χ1) is 10.2. The number of pyridine rings is 1. The first kappa shape index (κ1) is 12.8. The van der Waals surface area contributed by atoms with Crippen LogP contribution in [0.5, 0.6) is 0 Å². The number of rotatable bonds is 4. The van der Waals surface area contributed by atoms with Gasteiger partial charge in [0.15, 0.2) is 5.03 Å². The molecule has 1 aromatic carbocycles. The van der Waals surface area contributed by atoms with E-state index in [2.05, 4.69) is 15.5 Å². The fourth-order valence-corrected chi connectivity index (χ4v) is 2.04. The van der Waals surface area contributed by atoms with Crippen LogP contribution in [0.3, 0.4) is 0 Å². The van der Waals surface area contributed by atoms with Gasteiger partial charge in [-0.1, -0.05) is 6.07 Å². The van der Waals surface area contributed by atoms with Crippen molar-refractivity contribution in [3.05, 3.63) is 71.3 Å². The second kappa shape index (κ2) is 5.41. The Balaban J connectivity index is 2.11. The van der Waals surface area contributed by atoms with E-state index >= 15 is 0 Å². The van der Waals surface area contributed by atoms with Gasteiger partial charge in [0.05, 0.1) is 5.69 Å². The Morgan fingerprint density at radius 2 is 2.05 bits per heavy atom. The molecule has 0 spiro atoms.